The molecule has 0 saturated heterocycles. The highest BCUT2D eigenvalue weighted by atomic mass is 32.1. The van der Waals surface area contributed by atoms with E-state index in [0.717, 1.165) is 11.3 Å². The molecule has 3 aromatic heterocycles. The van der Waals surface area contributed by atoms with Gasteiger partial charge in [0.25, 0.3) is 0 Å². The van der Waals surface area contributed by atoms with Crippen LogP contribution >= 0.6 is 11.3 Å². The lowest BCUT2D eigenvalue weighted by atomic mass is 9.96. The maximum absolute atomic E-state index is 8.90. The van der Waals surface area contributed by atoms with Gasteiger partial charge in [-0.05, 0) is 46.1 Å². The van der Waals surface area contributed by atoms with Crippen molar-refractivity contribution in [2.45, 2.75) is 0 Å². The molecule has 0 aliphatic rings. The van der Waals surface area contributed by atoms with Crippen LogP contribution in [-0.4, -0.2) is 9.97 Å². The number of aromatic nitrogens is 2. The van der Waals surface area contributed by atoms with Crippen LogP contribution in [0.1, 0.15) is 19.2 Å². The largest absolute Gasteiger partial charge is 0.254 e. The van der Waals surface area contributed by atoms with Crippen molar-refractivity contribution in [2.75, 3.05) is 0 Å². The van der Waals surface area contributed by atoms with E-state index in [4.69, 9.17) is 19.2 Å². The van der Waals surface area contributed by atoms with Crippen LogP contribution in [0.2, 0.25) is 0 Å². The molecule has 0 bridgehead atoms. The lowest BCUT2D eigenvalue weighted by Gasteiger charge is -2.11. The zero-order valence-corrected chi connectivity index (χ0v) is 18.6. The average molecular weight is 479 g/mol. The number of hydrogen-bond donors (Lipinski definition) is 0. The Bertz CT molecular complexity index is 2590. The molecule has 7 rings (SSSR count). The quantitative estimate of drug-likeness (QED) is 0.237. The minimum absolute atomic E-state index is 0.0202. The highest BCUT2D eigenvalue weighted by molar-refractivity contribution is 7.18. The summed E-state index contributed by atoms with van der Waals surface area (Å²) in [5.74, 6) is 0. The van der Waals surface area contributed by atoms with Gasteiger partial charge in [0.2, 0.25) is 0 Å². The predicted octanol–water partition coefficient (Wildman–Crippen LogP) is 9.00. The molecule has 7 aromatic rings. The zero-order valence-electron chi connectivity index (χ0n) is 31.8. The van der Waals surface area contributed by atoms with E-state index < -0.39 is 66.6 Å². The molecule has 0 spiro atoms. The highest BCUT2D eigenvalue weighted by Crippen LogP contribution is 2.40. The first-order valence-corrected chi connectivity index (χ1v) is 11.4. The van der Waals surface area contributed by atoms with E-state index in [0.29, 0.717) is 26.8 Å². The zero-order chi connectivity index (χ0) is 35.4. The Balaban J connectivity index is 1.50. The van der Waals surface area contributed by atoms with Gasteiger partial charge in [-0.2, -0.15) is 0 Å². The SMILES string of the molecule is [2H]c1nc2c(c([2H])c1[2H])c([2H])c([2H])c1c([2H])c([2H])c(-c3ccc(-c4sc(-c5c([2H])c([2H])c([2H])c([2H])c5[2H])c([2H])c4[2H])c4ccccc34)nc12. The van der Waals surface area contributed by atoms with Crippen LogP contribution in [0, 0.1) is 0 Å². The van der Waals surface area contributed by atoms with Crippen LogP contribution in [0.25, 0.3) is 64.7 Å². The standard InChI is InChI=1S/C32H20N2S/c1-2-7-21(8-3-1)29-18-19-30(35-29)27-16-15-26(24-10-4-5-11-25(24)27)28-17-14-23-13-12-22-9-6-20-33-31(22)32(23)34-28/h1-20H/i1D,2D,3D,6D,7D,8D,9D,12D,13D,14D,17D,18D,19D,20D. The second-order valence-corrected chi connectivity index (χ2v) is 8.62. The van der Waals surface area contributed by atoms with Gasteiger partial charge in [0.05, 0.1) is 35.9 Å². The fourth-order valence-corrected chi connectivity index (χ4v) is 4.91. The predicted molar refractivity (Wildman–Crippen MR) is 149 cm³/mol. The number of thiophene rings is 1. The summed E-state index contributed by atoms with van der Waals surface area (Å²) in [4.78, 5) is 9.13. The topological polar surface area (TPSA) is 25.8 Å². The van der Waals surface area contributed by atoms with Gasteiger partial charge in [-0.25, -0.2) is 4.98 Å². The Morgan fingerprint density at radius 1 is 0.600 bits per heavy atom. The molecule has 164 valence electrons. The first-order valence-electron chi connectivity index (χ1n) is 17.5. The molecule has 0 amide bonds. The Labute approximate surface area is 226 Å². The smallest absolute Gasteiger partial charge is 0.0972 e. The maximum Gasteiger partial charge on any atom is 0.0972 e. The fraction of sp³-hybridized carbons (Fsp3) is 0. The van der Waals surface area contributed by atoms with Crippen LogP contribution in [0.15, 0.2) is 121 Å². The lowest BCUT2D eigenvalue weighted by molar-refractivity contribution is 1.37. The minimum Gasteiger partial charge on any atom is -0.254 e. The third kappa shape index (κ3) is 3.40. The van der Waals surface area contributed by atoms with E-state index in [1.807, 2.05) is 0 Å². The summed E-state index contributed by atoms with van der Waals surface area (Å²) in [6.45, 7) is 0. The van der Waals surface area contributed by atoms with Gasteiger partial charge in [0.15, 0.2) is 0 Å². The molecule has 3 heteroatoms. The molecule has 3 heterocycles. The molecular formula is C32H20N2S. The molecule has 0 radical (unpaired) electrons. The van der Waals surface area contributed by atoms with Crippen molar-refractivity contribution in [1.82, 2.24) is 9.97 Å². The molecule has 4 aromatic carbocycles. The van der Waals surface area contributed by atoms with Crippen molar-refractivity contribution < 1.29 is 19.2 Å². The molecule has 0 aliphatic heterocycles. The van der Waals surface area contributed by atoms with Crippen LogP contribution in [-0.2, 0) is 0 Å². The second kappa shape index (κ2) is 8.15. The van der Waals surface area contributed by atoms with E-state index in [9.17, 15) is 0 Å². The van der Waals surface area contributed by atoms with E-state index in [-0.39, 0.29) is 56.1 Å². The fourth-order valence-electron chi connectivity index (χ4n) is 4.01. The number of benzene rings is 4. The van der Waals surface area contributed by atoms with Crippen molar-refractivity contribution in [1.29, 1.82) is 0 Å². The van der Waals surface area contributed by atoms with E-state index in [2.05, 4.69) is 9.97 Å². The van der Waals surface area contributed by atoms with E-state index >= 15 is 0 Å². The van der Waals surface area contributed by atoms with Crippen molar-refractivity contribution >= 4 is 43.9 Å². The molecule has 0 saturated carbocycles. The summed E-state index contributed by atoms with van der Waals surface area (Å²) in [6, 6.07) is 4.51. The molecule has 0 fully saturated rings. The number of rotatable bonds is 3. The Morgan fingerprint density at radius 3 is 2.17 bits per heavy atom. The lowest BCUT2D eigenvalue weighted by Crippen LogP contribution is -1.90. The van der Waals surface area contributed by atoms with Gasteiger partial charge in [-0.3, -0.25) is 4.98 Å². The number of nitrogens with zero attached hydrogens (tertiary/aromatic N) is 2. The second-order valence-electron chi connectivity index (χ2n) is 7.60. The average Bonchev–Trinajstić information content (AvgIpc) is 3.37. The molecule has 35 heavy (non-hydrogen) atoms. The summed E-state index contributed by atoms with van der Waals surface area (Å²) in [5, 5.41) is 0.814. The van der Waals surface area contributed by atoms with Crippen molar-refractivity contribution in [3.63, 3.8) is 0 Å². The first kappa shape index (κ1) is 10.5. The number of fused-ring (bicyclic) bond motifs is 4. The van der Waals surface area contributed by atoms with Gasteiger partial charge in [-0.15, -0.1) is 11.3 Å². The highest BCUT2D eigenvalue weighted by Gasteiger charge is 2.13. The van der Waals surface area contributed by atoms with Gasteiger partial charge in [0, 0.05) is 32.3 Å². The van der Waals surface area contributed by atoms with Crippen molar-refractivity contribution in [3.05, 3.63) is 121 Å². The summed E-state index contributed by atoms with van der Waals surface area (Å²) in [5.41, 5.74) is 0.586. The number of hydrogen-bond acceptors (Lipinski definition) is 3. The van der Waals surface area contributed by atoms with Gasteiger partial charge < -0.3 is 0 Å². The molecule has 2 nitrogen and oxygen atoms in total. The van der Waals surface area contributed by atoms with E-state index in [1.165, 1.54) is 0 Å². The summed E-state index contributed by atoms with van der Waals surface area (Å²) >= 11 is 0.953. The third-order valence-corrected chi connectivity index (χ3v) is 6.63. The third-order valence-electron chi connectivity index (χ3n) is 5.60. The minimum atomic E-state index is -0.564. The normalized spacial score (nSPS) is 17.0. The summed E-state index contributed by atoms with van der Waals surface area (Å²) in [7, 11) is 0. The van der Waals surface area contributed by atoms with Crippen molar-refractivity contribution in [3.8, 4) is 32.1 Å². The Hall–Kier alpha value is -4.34. The molecule has 0 N–H and O–H groups in total. The van der Waals surface area contributed by atoms with E-state index in [1.54, 1.807) is 36.4 Å². The monoisotopic (exact) mass is 478 g/mol. The molecule has 0 unspecified atom stereocenters. The van der Waals surface area contributed by atoms with Crippen LogP contribution < -0.4 is 0 Å². The van der Waals surface area contributed by atoms with Crippen molar-refractivity contribution in [2.24, 2.45) is 0 Å². The number of pyridine rings is 2. The first-order chi connectivity index (χ1) is 23.2. The van der Waals surface area contributed by atoms with Gasteiger partial charge >= 0.3 is 0 Å². The van der Waals surface area contributed by atoms with Gasteiger partial charge in [0.1, 0.15) is 0 Å². The molecule has 0 atom stereocenters. The Kier molecular flexibility index (Phi) is 2.45. The van der Waals surface area contributed by atoms with Crippen LogP contribution in [0.4, 0.5) is 0 Å². The Morgan fingerprint density at radius 2 is 1.31 bits per heavy atom. The molecular weight excluding hydrogens is 444 g/mol. The van der Waals surface area contributed by atoms with Crippen LogP contribution in [0.3, 0.4) is 0 Å². The molecule has 0 aliphatic carbocycles. The summed E-state index contributed by atoms with van der Waals surface area (Å²) in [6.07, 6.45) is -0.533. The van der Waals surface area contributed by atoms with Gasteiger partial charge in [-0.1, -0.05) is 90.8 Å². The summed E-state index contributed by atoms with van der Waals surface area (Å²) < 4.78 is 118. The maximum atomic E-state index is 8.90. The van der Waals surface area contributed by atoms with Crippen LogP contribution in [0.5, 0.6) is 0 Å².